The first-order valence-corrected chi connectivity index (χ1v) is 9.20. The number of thioether (sulfide) groups is 1. The third-order valence-corrected chi connectivity index (χ3v) is 4.79. The van der Waals surface area contributed by atoms with Crippen LogP contribution < -0.4 is 16.2 Å². The van der Waals surface area contributed by atoms with E-state index in [1.165, 1.54) is 18.7 Å². The monoisotopic (exact) mass is 360 g/mol. The van der Waals surface area contributed by atoms with Crippen molar-refractivity contribution in [2.45, 2.75) is 31.0 Å². The predicted molar refractivity (Wildman–Crippen MR) is 96.7 cm³/mol. The van der Waals surface area contributed by atoms with Gasteiger partial charge in [-0.25, -0.2) is 4.98 Å². The Morgan fingerprint density at radius 1 is 1.24 bits per heavy atom. The third kappa shape index (κ3) is 4.39. The number of nitrogens with zero attached hydrogens (tertiary/aromatic N) is 2. The number of para-hydroxylation sites is 1. The molecule has 1 saturated carbocycles. The smallest absolute Gasteiger partial charge is 0.262 e. The Morgan fingerprint density at radius 3 is 2.68 bits per heavy atom. The molecule has 2 aromatic rings. The minimum atomic E-state index is -0.153. The van der Waals surface area contributed by atoms with Crippen LogP contribution in [0.1, 0.15) is 25.8 Å². The van der Waals surface area contributed by atoms with Gasteiger partial charge in [0.2, 0.25) is 11.8 Å². The molecule has 1 aliphatic rings. The van der Waals surface area contributed by atoms with Crippen LogP contribution in [0.15, 0.2) is 34.2 Å². The van der Waals surface area contributed by atoms with E-state index >= 15 is 0 Å². The molecule has 0 radical (unpaired) electrons. The number of hydrogen-bond donors (Lipinski definition) is 2. The lowest BCUT2D eigenvalue weighted by atomic mass is 10.2. The van der Waals surface area contributed by atoms with Crippen molar-refractivity contribution in [1.82, 2.24) is 20.2 Å². The van der Waals surface area contributed by atoms with E-state index in [0.29, 0.717) is 29.1 Å². The Morgan fingerprint density at radius 2 is 1.96 bits per heavy atom. The number of hydrogen-bond acceptors (Lipinski definition) is 5. The molecule has 132 valence electrons. The number of fused-ring (bicyclic) bond motifs is 1. The molecule has 3 rings (SSSR count). The van der Waals surface area contributed by atoms with Crippen LogP contribution in [0.3, 0.4) is 0 Å². The first-order valence-electron chi connectivity index (χ1n) is 8.21. The Bertz CT molecular complexity index is 861. The van der Waals surface area contributed by atoms with E-state index in [1.54, 1.807) is 10.6 Å². The van der Waals surface area contributed by atoms with Gasteiger partial charge in [-0.3, -0.25) is 19.0 Å². The van der Waals surface area contributed by atoms with E-state index in [2.05, 4.69) is 15.6 Å². The van der Waals surface area contributed by atoms with Crippen molar-refractivity contribution in [3.8, 4) is 0 Å². The molecule has 0 bridgehead atoms. The molecule has 1 aromatic carbocycles. The van der Waals surface area contributed by atoms with Crippen LogP contribution in [0.2, 0.25) is 0 Å². The Labute approximate surface area is 149 Å². The first-order chi connectivity index (χ1) is 12.1. The average molecular weight is 360 g/mol. The minimum absolute atomic E-state index is 0.0401. The number of carbonyl (C=O) groups excluding carboxylic acids is 2. The summed E-state index contributed by atoms with van der Waals surface area (Å²) in [6, 6.07) is 7.46. The molecule has 2 amide bonds. The molecular weight excluding hydrogens is 340 g/mol. The number of carbonyl (C=O) groups is 2. The lowest BCUT2D eigenvalue weighted by molar-refractivity contribution is -0.120. The normalized spacial score (nSPS) is 13.6. The van der Waals surface area contributed by atoms with Crippen LogP contribution >= 0.6 is 11.8 Å². The Balaban J connectivity index is 1.68. The standard InChI is InChI=1S/C17H20N4O3S/c1-11(22)18-8-9-19-15(23)10-25-17-20-14-5-3-2-4-13(14)16(24)21(17)12-6-7-12/h2-5,12H,6-10H2,1H3,(H,18,22)(H,19,23). The summed E-state index contributed by atoms with van der Waals surface area (Å²) in [5.74, 6) is -0.102. The zero-order valence-corrected chi connectivity index (χ0v) is 14.8. The molecular formula is C17H20N4O3S. The van der Waals surface area contributed by atoms with Crippen molar-refractivity contribution in [2.75, 3.05) is 18.8 Å². The fraction of sp³-hybridized carbons (Fsp3) is 0.412. The summed E-state index contributed by atoms with van der Waals surface area (Å²) < 4.78 is 1.72. The van der Waals surface area contributed by atoms with Crippen molar-refractivity contribution >= 4 is 34.5 Å². The maximum Gasteiger partial charge on any atom is 0.262 e. The van der Waals surface area contributed by atoms with Gasteiger partial charge in [0.25, 0.3) is 5.56 Å². The molecule has 0 atom stereocenters. The van der Waals surface area contributed by atoms with Gasteiger partial charge in [-0.1, -0.05) is 23.9 Å². The third-order valence-electron chi connectivity index (χ3n) is 3.84. The lowest BCUT2D eigenvalue weighted by Crippen LogP contribution is -2.34. The van der Waals surface area contributed by atoms with Crippen molar-refractivity contribution in [3.63, 3.8) is 0 Å². The summed E-state index contributed by atoms with van der Waals surface area (Å²) in [5, 5.41) is 6.55. The van der Waals surface area contributed by atoms with Gasteiger partial charge in [-0.05, 0) is 25.0 Å². The summed E-state index contributed by atoms with van der Waals surface area (Å²) >= 11 is 1.27. The summed E-state index contributed by atoms with van der Waals surface area (Å²) in [5.41, 5.74) is 0.611. The zero-order chi connectivity index (χ0) is 17.8. The van der Waals surface area contributed by atoms with E-state index in [9.17, 15) is 14.4 Å². The molecule has 8 heteroatoms. The van der Waals surface area contributed by atoms with Crippen LogP contribution in [0.5, 0.6) is 0 Å². The largest absolute Gasteiger partial charge is 0.355 e. The van der Waals surface area contributed by atoms with E-state index < -0.39 is 0 Å². The van der Waals surface area contributed by atoms with E-state index in [4.69, 9.17) is 0 Å². The van der Waals surface area contributed by atoms with Crippen LogP contribution in [0, 0.1) is 0 Å². The van der Waals surface area contributed by atoms with Crippen molar-refractivity contribution < 1.29 is 9.59 Å². The molecule has 1 aromatic heterocycles. The highest BCUT2D eigenvalue weighted by Gasteiger charge is 2.28. The van der Waals surface area contributed by atoms with E-state index in [1.807, 2.05) is 18.2 Å². The summed E-state index contributed by atoms with van der Waals surface area (Å²) in [6.45, 7) is 2.20. The van der Waals surface area contributed by atoms with Gasteiger partial charge < -0.3 is 10.6 Å². The second-order valence-corrected chi connectivity index (χ2v) is 6.88. The molecule has 0 unspecified atom stereocenters. The van der Waals surface area contributed by atoms with Crippen LogP contribution in [0.4, 0.5) is 0 Å². The quantitative estimate of drug-likeness (QED) is 0.438. The SMILES string of the molecule is CC(=O)NCCNC(=O)CSc1nc2ccccc2c(=O)n1C1CC1. The molecule has 25 heavy (non-hydrogen) atoms. The van der Waals surface area contributed by atoms with Gasteiger partial charge >= 0.3 is 0 Å². The Hall–Kier alpha value is -2.35. The van der Waals surface area contributed by atoms with Crippen LogP contribution in [0.25, 0.3) is 10.9 Å². The van der Waals surface area contributed by atoms with Crippen molar-refractivity contribution in [3.05, 3.63) is 34.6 Å². The number of aromatic nitrogens is 2. The lowest BCUT2D eigenvalue weighted by Gasteiger charge is -2.12. The molecule has 2 N–H and O–H groups in total. The second-order valence-electron chi connectivity index (χ2n) is 5.94. The Kier molecular flexibility index (Phi) is 5.37. The van der Waals surface area contributed by atoms with E-state index in [-0.39, 0.29) is 29.2 Å². The minimum Gasteiger partial charge on any atom is -0.355 e. The topological polar surface area (TPSA) is 93.1 Å². The second kappa shape index (κ2) is 7.69. The predicted octanol–water partition coefficient (Wildman–Crippen LogP) is 1.08. The summed E-state index contributed by atoms with van der Waals surface area (Å²) in [7, 11) is 0. The van der Waals surface area contributed by atoms with Gasteiger partial charge in [0.15, 0.2) is 5.16 Å². The number of nitrogens with one attached hydrogen (secondary N) is 2. The summed E-state index contributed by atoms with van der Waals surface area (Å²) in [4.78, 5) is 40.0. The highest BCUT2D eigenvalue weighted by Crippen LogP contribution is 2.36. The van der Waals surface area contributed by atoms with E-state index in [0.717, 1.165) is 12.8 Å². The number of amides is 2. The van der Waals surface area contributed by atoms with Crippen molar-refractivity contribution in [1.29, 1.82) is 0 Å². The number of rotatable bonds is 7. The fourth-order valence-corrected chi connectivity index (χ4v) is 3.40. The molecule has 1 fully saturated rings. The van der Waals surface area contributed by atoms with Gasteiger partial charge in [0.1, 0.15) is 0 Å². The molecule has 0 aliphatic heterocycles. The fourth-order valence-electron chi connectivity index (χ4n) is 2.50. The van der Waals surface area contributed by atoms with Gasteiger partial charge in [0.05, 0.1) is 16.7 Å². The highest BCUT2D eigenvalue weighted by atomic mass is 32.2. The van der Waals surface area contributed by atoms with Gasteiger partial charge in [0, 0.05) is 26.1 Å². The maximum atomic E-state index is 12.7. The van der Waals surface area contributed by atoms with Crippen LogP contribution in [-0.4, -0.2) is 40.2 Å². The first kappa shape index (κ1) is 17.5. The molecule has 1 aliphatic carbocycles. The molecule has 7 nitrogen and oxygen atoms in total. The average Bonchev–Trinajstić information content (AvgIpc) is 3.41. The van der Waals surface area contributed by atoms with Gasteiger partial charge in [-0.2, -0.15) is 0 Å². The van der Waals surface area contributed by atoms with Crippen LogP contribution in [-0.2, 0) is 9.59 Å². The molecule has 0 spiro atoms. The number of benzene rings is 1. The van der Waals surface area contributed by atoms with Crippen molar-refractivity contribution in [2.24, 2.45) is 0 Å². The molecule has 0 saturated heterocycles. The van der Waals surface area contributed by atoms with Gasteiger partial charge in [-0.15, -0.1) is 0 Å². The summed E-state index contributed by atoms with van der Waals surface area (Å²) in [6.07, 6.45) is 1.94. The highest BCUT2D eigenvalue weighted by molar-refractivity contribution is 7.99. The maximum absolute atomic E-state index is 12.7. The molecule has 1 heterocycles. The zero-order valence-electron chi connectivity index (χ0n) is 13.9.